The number of benzene rings is 10. The first-order valence-corrected chi connectivity index (χ1v) is 18.3. The van der Waals surface area contributed by atoms with Gasteiger partial charge in [0.1, 0.15) is 0 Å². The first-order chi connectivity index (χ1) is 26.3. The van der Waals surface area contributed by atoms with E-state index in [4.69, 9.17) is 0 Å². The molecule has 0 atom stereocenters. The van der Waals surface area contributed by atoms with Crippen LogP contribution in [0.25, 0.3) is 76.5 Å². The number of hydrogen-bond acceptors (Lipinski definition) is 1. The number of nitrogens with zero attached hydrogens (tertiary/aromatic N) is 1. The van der Waals surface area contributed by atoms with Gasteiger partial charge in [0.2, 0.25) is 0 Å². The molecule has 0 amide bonds. The van der Waals surface area contributed by atoms with E-state index in [0.29, 0.717) is 0 Å². The molecule has 0 heterocycles. The molecule has 1 heteroatoms. The summed E-state index contributed by atoms with van der Waals surface area (Å²) >= 11 is 0. The highest BCUT2D eigenvalue weighted by atomic mass is 15.1. The first kappa shape index (κ1) is 30.8. The van der Waals surface area contributed by atoms with Gasteiger partial charge in [-0.1, -0.05) is 170 Å². The van der Waals surface area contributed by atoms with E-state index < -0.39 is 0 Å². The molecule has 10 aromatic carbocycles. The fraction of sp³-hybridized carbons (Fsp3) is 0. The van der Waals surface area contributed by atoms with Crippen LogP contribution in [0.15, 0.2) is 212 Å². The third-order valence-corrected chi connectivity index (χ3v) is 10.6. The molecule has 0 saturated carbocycles. The van der Waals surface area contributed by atoms with Crippen LogP contribution in [0.4, 0.5) is 17.1 Å². The molecule has 0 radical (unpaired) electrons. The summed E-state index contributed by atoms with van der Waals surface area (Å²) in [5.74, 6) is 0. The lowest BCUT2D eigenvalue weighted by Gasteiger charge is -2.26. The Morgan fingerprint density at radius 1 is 0.226 bits per heavy atom. The Balaban J connectivity index is 1.14. The third kappa shape index (κ3) is 5.51. The Morgan fingerprint density at radius 2 is 0.642 bits per heavy atom. The normalized spacial score (nSPS) is 11.4. The van der Waals surface area contributed by atoms with Gasteiger partial charge in [0.15, 0.2) is 0 Å². The van der Waals surface area contributed by atoms with E-state index in [9.17, 15) is 0 Å². The number of rotatable bonds is 6. The summed E-state index contributed by atoms with van der Waals surface area (Å²) < 4.78 is 0. The largest absolute Gasteiger partial charge is 0.310 e. The Hall–Kier alpha value is -6.96. The highest BCUT2D eigenvalue weighted by Gasteiger charge is 2.18. The maximum Gasteiger partial charge on any atom is 0.0468 e. The minimum absolute atomic E-state index is 1.11. The van der Waals surface area contributed by atoms with E-state index in [0.717, 1.165) is 17.1 Å². The van der Waals surface area contributed by atoms with Crippen molar-refractivity contribution in [3.63, 3.8) is 0 Å². The van der Waals surface area contributed by atoms with Crippen molar-refractivity contribution in [2.45, 2.75) is 0 Å². The number of hydrogen-bond donors (Lipinski definition) is 0. The molecular formula is C52H35N. The smallest absolute Gasteiger partial charge is 0.0468 e. The van der Waals surface area contributed by atoms with Crippen molar-refractivity contribution in [2.75, 3.05) is 4.90 Å². The first-order valence-electron chi connectivity index (χ1n) is 18.3. The van der Waals surface area contributed by atoms with Crippen molar-refractivity contribution >= 4 is 60.2 Å². The van der Waals surface area contributed by atoms with Crippen molar-refractivity contribution in [1.82, 2.24) is 0 Å². The summed E-state index contributed by atoms with van der Waals surface area (Å²) in [6.07, 6.45) is 0. The molecule has 53 heavy (non-hydrogen) atoms. The van der Waals surface area contributed by atoms with Gasteiger partial charge < -0.3 is 4.90 Å². The van der Waals surface area contributed by atoms with Crippen LogP contribution in [-0.4, -0.2) is 0 Å². The average Bonchev–Trinajstić information content (AvgIpc) is 3.23. The number of anilines is 3. The molecule has 0 aromatic heterocycles. The van der Waals surface area contributed by atoms with Crippen LogP contribution < -0.4 is 4.90 Å². The lowest BCUT2D eigenvalue weighted by atomic mass is 9.85. The molecule has 0 aliphatic rings. The van der Waals surface area contributed by atoms with Gasteiger partial charge in [0, 0.05) is 17.1 Å². The zero-order valence-electron chi connectivity index (χ0n) is 29.2. The second-order valence-corrected chi connectivity index (χ2v) is 13.7. The summed E-state index contributed by atoms with van der Waals surface area (Å²) in [6.45, 7) is 0. The second kappa shape index (κ2) is 13.0. The highest BCUT2D eigenvalue weighted by molar-refractivity contribution is 6.22. The fourth-order valence-electron chi connectivity index (χ4n) is 8.07. The molecule has 0 unspecified atom stereocenters. The standard InChI is InChI=1S/C52H35N/c1-3-15-39(16-4-1)51-47-21-11-12-22-48(47)52(40-17-5-2-6-18-40)50-35-43(27-32-49(50)51)38-23-28-44(29-24-38)53(45-30-25-36-13-7-9-19-41(36)33-45)46-31-26-37-14-8-10-20-42(37)34-46/h1-35H. The van der Waals surface area contributed by atoms with Gasteiger partial charge >= 0.3 is 0 Å². The summed E-state index contributed by atoms with van der Waals surface area (Å²) in [5.41, 5.74) is 10.7. The molecular weight excluding hydrogens is 639 g/mol. The van der Waals surface area contributed by atoms with Crippen molar-refractivity contribution in [3.8, 4) is 33.4 Å². The van der Waals surface area contributed by atoms with Crippen LogP contribution >= 0.6 is 0 Å². The molecule has 0 aliphatic heterocycles. The molecule has 0 fully saturated rings. The van der Waals surface area contributed by atoms with Crippen molar-refractivity contribution in [2.24, 2.45) is 0 Å². The van der Waals surface area contributed by atoms with Crippen LogP contribution in [0.5, 0.6) is 0 Å². The SMILES string of the molecule is c1ccc(-c2c3ccccc3c(-c3ccccc3)c3cc(-c4ccc(N(c5ccc6ccccc6c5)c5ccc6ccccc6c5)cc4)ccc23)cc1. The third-order valence-electron chi connectivity index (χ3n) is 10.6. The molecule has 0 bridgehead atoms. The molecule has 10 aromatic rings. The molecule has 0 N–H and O–H groups in total. The highest BCUT2D eigenvalue weighted by Crippen LogP contribution is 2.45. The zero-order valence-corrected chi connectivity index (χ0v) is 29.2. The van der Waals surface area contributed by atoms with E-state index >= 15 is 0 Å². The molecule has 10 rings (SSSR count). The topological polar surface area (TPSA) is 3.24 Å². The maximum atomic E-state index is 2.40. The van der Waals surface area contributed by atoms with E-state index in [1.165, 1.54) is 76.5 Å². The van der Waals surface area contributed by atoms with Gasteiger partial charge in [-0.05, 0) is 119 Å². The minimum atomic E-state index is 1.11. The van der Waals surface area contributed by atoms with E-state index in [1.807, 2.05) is 0 Å². The molecule has 0 spiro atoms. The van der Waals surface area contributed by atoms with E-state index in [2.05, 4.69) is 217 Å². The monoisotopic (exact) mass is 673 g/mol. The lowest BCUT2D eigenvalue weighted by molar-refractivity contribution is 1.29. The summed E-state index contributed by atoms with van der Waals surface area (Å²) in [4.78, 5) is 2.37. The Bertz CT molecular complexity index is 2850. The van der Waals surface area contributed by atoms with Crippen LogP contribution in [0.2, 0.25) is 0 Å². The Labute approximate surface area is 309 Å². The Morgan fingerprint density at radius 3 is 1.19 bits per heavy atom. The zero-order chi connectivity index (χ0) is 35.1. The molecule has 248 valence electrons. The van der Waals surface area contributed by atoms with Crippen LogP contribution in [0.3, 0.4) is 0 Å². The van der Waals surface area contributed by atoms with Gasteiger partial charge in [0.05, 0.1) is 0 Å². The van der Waals surface area contributed by atoms with E-state index in [-0.39, 0.29) is 0 Å². The minimum Gasteiger partial charge on any atom is -0.310 e. The molecule has 0 saturated heterocycles. The van der Waals surface area contributed by atoms with Gasteiger partial charge in [-0.2, -0.15) is 0 Å². The van der Waals surface area contributed by atoms with Gasteiger partial charge in [-0.25, -0.2) is 0 Å². The van der Waals surface area contributed by atoms with Crippen LogP contribution in [0.1, 0.15) is 0 Å². The summed E-state index contributed by atoms with van der Waals surface area (Å²) in [5, 5.41) is 9.96. The van der Waals surface area contributed by atoms with Crippen molar-refractivity contribution < 1.29 is 0 Å². The van der Waals surface area contributed by atoms with Crippen molar-refractivity contribution in [1.29, 1.82) is 0 Å². The van der Waals surface area contributed by atoms with Crippen LogP contribution in [0, 0.1) is 0 Å². The van der Waals surface area contributed by atoms with Crippen molar-refractivity contribution in [3.05, 3.63) is 212 Å². The lowest BCUT2D eigenvalue weighted by Crippen LogP contribution is -2.09. The second-order valence-electron chi connectivity index (χ2n) is 13.7. The Kier molecular flexibility index (Phi) is 7.55. The summed E-state index contributed by atoms with van der Waals surface area (Å²) in [7, 11) is 0. The predicted molar refractivity (Wildman–Crippen MR) is 227 cm³/mol. The number of fused-ring (bicyclic) bond motifs is 4. The van der Waals surface area contributed by atoms with Crippen LogP contribution in [-0.2, 0) is 0 Å². The quantitative estimate of drug-likeness (QED) is 0.159. The van der Waals surface area contributed by atoms with Gasteiger partial charge in [-0.3, -0.25) is 0 Å². The molecule has 1 nitrogen and oxygen atoms in total. The fourth-order valence-corrected chi connectivity index (χ4v) is 8.07. The summed E-state index contributed by atoms with van der Waals surface area (Å²) in [6, 6.07) is 77.3. The van der Waals surface area contributed by atoms with Gasteiger partial charge in [-0.15, -0.1) is 0 Å². The molecule has 0 aliphatic carbocycles. The maximum absolute atomic E-state index is 2.40. The van der Waals surface area contributed by atoms with Gasteiger partial charge in [0.25, 0.3) is 0 Å². The average molecular weight is 674 g/mol. The predicted octanol–water partition coefficient (Wildman–Crippen LogP) is 14.8. The van der Waals surface area contributed by atoms with E-state index in [1.54, 1.807) is 0 Å².